The van der Waals surface area contributed by atoms with E-state index in [1.807, 2.05) is 0 Å². The van der Waals surface area contributed by atoms with E-state index < -0.39 is 0 Å². The first-order valence-corrected chi connectivity index (χ1v) is 6.34. The molecule has 1 saturated carbocycles. The van der Waals surface area contributed by atoms with Gasteiger partial charge in [0.1, 0.15) is 0 Å². The van der Waals surface area contributed by atoms with Gasteiger partial charge in [0.05, 0.1) is 0 Å². The van der Waals surface area contributed by atoms with Gasteiger partial charge in [-0.1, -0.05) is 25.7 Å². The maximum Gasteiger partial charge on any atom is 0.00955 e. The van der Waals surface area contributed by atoms with Crippen LogP contribution >= 0.6 is 0 Å². The molecule has 0 radical (unpaired) electrons. The first kappa shape index (κ1) is 10.4. The predicted octanol–water partition coefficient (Wildman–Crippen LogP) is 1.99. The summed E-state index contributed by atoms with van der Waals surface area (Å²) in [5.74, 6) is 0.920. The third kappa shape index (κ3) is 2.48. The Hall–Kier alpha value is -0.0800. The molecule has 0 aromatic rings. The van der Waals surface area contributed by atoms with E-state index in [1.54, 1.807) is 0 Å². The molecule has 0 atom stereocenters. The van der Waals surface area contributed by atoms with E-state index in [0.717, 1.165) is 18.5 Å². The van der Waals surface area contributed by atoms with Gasteiger partial charge in [0, 0.05) is 19.1 Å². The summed E-state index contributed by atoms with van der Waals surface area (Å²) in [7, 11) is 0. The molecule has 82 valence electrons. The average Bonchev–Trinajstić information content (AvgIpc) is 2.38. The van der Waals surface area contributed by atoms with Gasteiger partial charge in [-0.25, -0.2) is 0 Å². The Morgan fingerprint density at radius 2 is 1.64 bits per heavy atom. The number of likely N-dealkylation sites (tertiary alicyclic amines) is 1. The van der Waals surface area contributed by atoms with E-state index in [9.17, 15) is 0 Å². The lowest BCUT2D eigenvalue weighted by Crippen LogP contribution is -2.52. The number of rotatable bonds is 3. The largest absolute Gasteiger partial charge is 0.330 e. The highest BCUT2D eigenvalue weighted by Crippen LogP contribution is 2.28. The van der Waals surface area contributed by atoms with Gasteiger partial charge in [0.25, 0.3) is 0 Å². The van der Waals surface area contributed by atoms with Crippen molar-refractivity contribution in [3.63, 3.8) is 0 Å². The molecule has 0 aromatic heterocycles. The van der Waals surface area contributed by atoms with Gasteiger partial charge < -0.3 is 5.73 Å². The molecule has 2 N–H and O–H groups in total. The van der Waals surface area contributed by atoms with E-state index in [2.05, 4.69) is 4.90 Å². The number of hydrogen-bond acceptors (Lipinski definition) is 2. The lowest BCUT2D eigenvalue weighted by Gasteiger charge is -2.44. The summed E-state index contributed by atoms with van der Waals surface area (Å²) in [6.07, 6.45) is 10.0. The van der Waals surface area contributed by atoms with Gasteiger partial charge in [0.2, 0.25) is 0 Å². The van der Waals surface area contributed by atoms with Crippen LogP contribution in [-0.2, 0) is 0 Å². The Labute approximate surface area is 87.8 Å². The smallest absolute Gasteiger partial charge is 0.00955 e. The van der Waals surface area contributed by atoms with Gasteiger partial charge in [-0.05, 0) is 31.7 Å². The summed E-state index contributed by atoms with van der Waals surface area (Å²) in [5, 5.41) is 0. The Morgan fingerprint density at radius 1 is 1.00 bits per heavy atom. The highest BCUT2D eigenvalue weighted by Gasteiger charge is 2.31. The van der Waals surface area contributed by atoms with Crippen LogP contribution in [-0.4, -0.2) is 30.6 Å². The summed E-state index contributed by atoms with van der Waals surface area (Å²) in [6, 6.07) is 0.923. The number of nitrogens with zero attached hydrogens (tertiary/aromatic N) is 1. The second kappa shape index (κ2) is 5.13. The van der Waals surface area contributed by atoms with Crippen LogP contribution in [0, 0.1) is 5.92 Å². The van der Waals surface area contributed by atoms with Gasteiger partial charge in [-0.15, -0.1) is 0 Å². The standard InChI is InChI=1S/C12H24N2/c13-8-7-11-9-14(10-11)12-5-3-1-2-4-6-12/h11-12H,1-10,13H2. The molecule has 0 bridgehead atoms. The van der Waals surface area contributed by atoms with Crippen LogP contribution in [0.3, 0.4) is 0 Å². The monoisotopic (exact) mass is 196 g/mol. The number of hydrogen-bond donors (Lipinski definition) is 1. The van der Waals surface area contributed by atoms with Crippen molar-refractivity contribution in [2.45, 2.75) is 51.0 Å². The zero-order valence-corrected chi connectivity index (χ0v) is 9.25. The Balaban J connectivity index is 1.69. The van der Waals surface area contributed by atoms with Gasteiger partial charge in [-0.3, -0.25) is 4.90 Å². The van der Waals surface area contributed by atoms with Crippen molar-refractivity contribution in [2.75, 3.05) is 19.6 Å². The maximum atomic E-state index is 5.57. The van der Waals surface area contributed by atoms with Crippen LogP contribution < -0.4 is 5.73 Å². The van der Waals surface area contributed by atoms with Crippen molar-refractivity contribution in [1.29, 1.82) is 0 Å². The summed E-state index contributed by atoms with van der Waals surface area (Å²) in [4.78, 5) is 2.70. The molecule has 0 amide bonds. The van der Waals surface area contributed by atoms with Crippen LogP contribution in [0.15, 0.2) is 0 Å². The molecule has 2 aliphatic rings. The van der Waals surface area contributed by atoms with Crippen molar-refractivity contribution in [3.05, 3.63) is 0 Å². The van der Waals surface area contributed by atoms with Crippen molar-refractivity contribution >= 4 is 0 Å². The molecule has 2 fully saturated rings. The Bertz CT molecular complexity index is 156. The molecule has 1 aliphatic carbocycles. The highest BCUT2D eigenvalue weighted by atomic mass is 15.2. The quantitative estimate of drug-likeness (QED) is 0.699. The summed E-state index contributed by atoms with van der Waals surface area (Å²) >= 11 is 0. The van der Waals surface area contributed by atoms with E-state index in [4.69, 9.17) is 5.73 Å². The zero-order chi connectivity index (χ0) is 9.80. The lowest BCUT2D eigenvalue weighted by atomic mass is 9.92. The third-order valence-electron chi connectivity index (χ3n) is 3.90. The second-order valence-electron chi connectivity index (χ2n) is 5.04. The van der Waals surface area contributed by atoms with Gasteiger partial charge in [-0.2, -0.15) is 0 Å². The predicted molar refractivity (Wildman–Crippen MR) is 60.2 cm³/mol. The Kier molecular flexibility index (Phi) is 3.82. The fourth-order valence-corrected chi connectivity index (χ4v) is 2.95. The lowest BCUT2D eigenvalue weighted by molar-refractivity contribution is 0.0423. The first-order chi connectivity index (χ1) is 6.90. The van der Waals surface area contributed by atoms with Crippen LogP contribution in [0.5, 0.6) is 0 Å². The summed E-state index contributed by atoms with van der Waals surface area (Å²) < 4.78 is 0. The minimum absolute atomic E-state index is 0.878. The average molecular weight is 196 g/mol. The Morgan fingerprint density at radius 3 is 2.21 bits per heavy atom. The minimum Gasteiger partial charge on any atom is -0.330 e. The van der Waals surface area contributed by atoms with Crippen LogP contribution in [0.1, 0.15) is 44.9 Å². The molecule has 1 aliphatic heterocycles. The van der Waals surface area contributed by atoms with Crippen LogP contribution in [0.25, 0.3) is 0 Å². The fraction of sp³-hybridized carbons (Fsp3) is 1.00. The molecule has 2 heteroatoms. The molecule has 0 unspecified atom stereocenters. The topological polar surface area (TPSA) is 29.3 Å². The highest BCUT2D eigenvalue weighted by molar-refractivity contribution is 4.86. The van der Waals surface area contributed by atoms with Crippen molar-refractivity contribution in [3.8, 4) is 0 Å². The molecule has 2 rings (SSSR count). The molecular formula is C12H24N2. The maximum absolute atomic E-state index is 5.57. The van der Waals surface area contributed by atoms with E-state index in [1.165, 1.54) is 58.0 Å². The molecule has 2 nitrogen and oxygen atoms in total. The van der Waals surface area contributed by atoms with Gasteiger partial charge in [0.15, 0.2) is 0 Å². The van der Waals surface area contributed by atoms with E-state index in [-0.39, 0.29) is 0 Å². The molecular weight excluding hydrogens is 172 g/mol. The van der Waals surface area contributed by atoms with E-state index in [0.29, 0.717) is 0 Å². The van der Waals surface area contributed by atoms with E-state index >= 15 is 0 Å². The SMILES string of the molecule is NCCC1CN(C2CCCCCC2)C1. The molecule has 0 spiro atoms. The van der Waals surface area contributed by atoms with Crippen LogP contribution in [0.4, 0.5) is 0 Å². The normalized spacial score (nSPS) is 27.2. The summed E-state index contributed by atoms with van der Waals surface area (Å²) in [5.41, 5.74) is 5.57. The van der Waals surface area contributed by atoms with Crippen molar-refractivity contribution in [1.82, 2.24) is 4.90 Å². The summed E-state index contributed by atoms with van der Waals surface area (Å²) in [6.45, 7) is 3.55. The van der Waals surface area contributed by atoms with Crippen molar-refractivity contribution < 1.29 is 0 Å². The molecule has 0 aromatic carbocycles. The molecule has 1 heterocycles. The second-order valence-corrected chi connectivity index (χ2v) is 5.04. The molecule has 1 saturated heterocycles. The molecule has 14 heavy (non-hydrogen) atoms. The number of nitrogens with two attached hydrogens (primary N) is 1. The fourth-order valence-electron chi connectivity index (χ4n) is 2.95. The van der Waals surface area contributed by atoms with Crippen LogP contribution in [0.2, 0.25) is 0 Å². The first-order valence-electron chi connectivity index (χ1n) is 6.34. The minimum atomic E-state index is 0.878. The zero-order valence-electron chi connectivity index (χ0n) is 9.25. The van der Waals surface area contributed by atoms with Gasteiger partial charge >= 0.3 is 0 Å². The third-order valence-corrected chi connectivity index (χ3v) is 3.90. The van der Waals surface area contributed by atoms with Crippen molar-refractivity contribution in [2.24, 2.45) is 11.7 Å².